The molecule has 1 aromatic heterocycles. The minimum Gasteiger partial charge on any atom is -0.326 e. The fourth-order valence-corrected chi connectivity index (χ4v) is 4.10. The maximum atomic E-state index is 12.4. The topological polar surface area (TPSA) is 121 Å². The summed E-state index contributed by atoms with van der Waals surface area (Å²) in [6.45, 7) is 0. The molecule has 7 nitrogen and oxygen atoms in total. The molecule has 0 radical (unpaired) electrons. The summed E-state index contributed by atoms with van der Waals surface area (Å²) in [5.41, 5.74) is 6.66. The average Bonchev–Trinajstić information content (AvgIpc) is 2.80. The SMILES string of the molecule is N[C@@H]1CCCC[C@H]1NS(=O)(=O)c1ccc2[nH]c(=O)[nH]c2c1. The van der Waals surface area contributed by atoms with E-state index in [1.54, 1.807) is 6.07 Å². The lowest BCUT2D eigenvalue weighted by Gasteiger charge is -2.29. The summed E-state index contributed by atoms with van der Waals surface area (Å²) in [6.07, 6.45) is 3.60. The molecule has 2 atom stereocenters. The van der Waals surface area contributed by atoms with E-state index in [1.165, 1.54) is 12.1 Å². The molecule has 2 aromatic rings. The Morgan fingerprint density at radius 1 is 1.14 bits per heavy atom. The molecule has 8 heteroatoms. The van der Waals surface area contributed by atoms with Crippen LogP contribution in [0.4, 0.5) is 0 Å². The fraction of sp³-hybridized carbons (Fsp3) is 0.462. The van der Waals surface area contributed by atoms with Gasteiger partial charge in [-0.05, 0) is 31.0 Å². The number of rotatable bonds is 3. The van der Waals surface area contributed by atoms with Crippen molar-refractivity contribution in [1.82, 2.24) is 14.7 Å². The van der Waals surface area contributed by atoms with Crippen LogP contribution in [0.15, 0.2) is 27.9 Å². The quantitative estimate of drug-likeness (QED) is 0.656. The van der Waals surface area contributed by atoms with Crippen LogP contribution >= 0.6 is 0 Å². The lowest BCUT2D eigenvalue weighted by atomic mass is 9.92. The maximum Gasteiger partial charge on any atom is 0.323 e. The van der Waals surface area contributed by atoms with E-state index in [1.807, 2.05) is 0 Å². The zero-order chi connectivity index (χ0) is 15.0. The van der Waals surface area contributed by atoms with Gasteiger partial charge in [0.25, 0.3) is 0 Å². The first kappa shape index (κ1) is 14.3. The number of hydrogen-bond donors (Lipinski definition) is 4. The lowest BCUT2D eigenvalue weighted by Crippen LogP contribution is -2.49. The van der Waals surface area contributed by atoms with Gasteiger partial charge in [0.2, 0.25) is 10.0 Å². The third-order valence-corrected chi connectivity index (χ3v) is 5.41. The lowest BCUT2D eigenvalue weighted by molar-refractivity contribution is 0.361. The molecule has 5 N–H and O–H groups in total. The van der Waals surface area contributed by atoms with Gasteiger partial charge < -0.3 is 15.7 Å². The molecule has 0 spiro atoms. The summed E-state index contributed by atoms with van der Waals surface area (Å²) in [5.74, 6) is 0. The highest BCUT2D eigenvalue weighted by Gasteiger charge is 2.27. The van der Waals surface area contributed by atoms with Crippen molar-refractivity contribution in [3.05, 3.63) is 28.7 Å². The average molecular weight is 310 g/mol. The van der Waals surface area contributed by atoms with Crippen LogP contribution in [-0.2, 0) is 10.0 Å². The molecule has 0 aliphatic heterocycles. The predicted octanol–water partition coefficient (Wildman–Crippen LogP) is 0.404. The van der Waals surface area contributed by atoms with Crippen LogP contribution in [0.3, 0.4) is 0 Å². The van der Waals surface area contributed by atoms with E-state index in [0.717, 1.165) is 25.7 Å². The molecule has 1 saturated carbocycles. The summed E-state index contributed by atoms with van der Waals surface area (Å²) in [6, 6.07) is 4.11. The standard InChI is InChI=1S/C13H18N4O3S/c14-9-3-1-2-4-10(9)17-21(19,20)8-5-6-11-12(7-8)16-13(18)15-11/h5-7,9-10,17H,1-4,14H2,(H2,15,16,18)/t9-,10-/m1/s1. The van der Waals surface area contributed by atoms with E-state index >= 15 is 0 Å². The van der Waals surface area contributed by atoms with Gasteiger partial charge in [-0.3, -0.25) is 0 Å². The second kappa shape index (κ2) is 5.28. The molecule has 3 rings (SSSR count). The minimum atomic E-state index is -3.64. The van der Waals surface area contributed by atoms with Crippen LogP contribution in [0.25, 0.3) is 11.0 Å². The molecule has 1 aliphatic carbocycles. The van der Waals surface area contributed by atoms with E-state index in [-0.39, 0.29) is 22.7 Å². The number of imidazole rings is 1. The van der Waals surface area contributed by atoms with Crippen molar-refractivity contribution >= 4 is 21.1 Å². The van der Waals surface area contributed by atoms with Crippen molar-refractivity contribution in [2.75, 3.05) is 0 Å². The molecule has 1 heterocycles. The third-order valence-electron chi connectivity index (χ3n) is 3.92. The van der Waals surface area contributed by atoms with Crippen molar-refractivity contribution in [1.29, 1.82) is 0 Å². The van der Waals surface area contributed by atoms with Crippen LogP contribution in [0.2, 0.25) is 0 Å². The molecular formula is C13H18N4O3S. The molecule has 1 aliphatic rings. The van der Waals surface area contributed by atoms with Gasteiger partial charge in [-0.1, -0.05) is 12.8 Å². The largest absolute Gasteiger partial charge is 0.326 e. The minimum absolute atomic E-state index is 0.128. The first-order chi connectivity index (χ1) is 9.95. The number of nitrogens with one attached hydrogen (secondary N) is 3. The van der Waals surface area contributed by atoms with Crippen LogP contribution in [0.5, 0.6) is 0 Å². The Morgan fingerprint density at radius 3 is 2.62 bits per heavy atom. The number of nitrogens with two attached hydrogens (primary N) is 1. The monoisotopic (exact) mass is 310 g/mol. The number of aromatic amines is 2. The smallest absolute Gasteiger partial charge is 0.323 e. The van der Waals surface area contributed by atoms with Gasteiger partial charge in [0.1, 0.15) is 0 Å². The van der Waals surface area contributed by atoms with Crippen molar-refractivity contribution in [3.8, 4) is 0 Å². The number of H-pyrrole nitrogens is 2. The van der Waals surface area contributed by atoms with Gasteiger partial charge in [-0.2, -0.15) is 0 Å². The van der Waals surface area contributed by atoms with Gasteiger partial charge in [-0.15, -0.1) is 0 Å². The summed E-state index contributed by atoms with van der Waals surface area (Å²) >= 11 is 0. The second-order valence-electron chi connectivity index (χ2n) is 5.46. The maximum absolute atomic E-state index is 12.4. The zero-order valence-corrected chi connectivity index (χ0v) is 12.2. The number of sulfonamides is 1. The molecule has 1 fully saturated rings. The van der Waals surface area contributed by atoms with Crippen LogP contribution < -0.4 is 16.1 Å². The molecule has 0 amide bonds. The Labute approximate surface area is 122 Å². The van der Waals surface area contributed by atoms with Gasteiger partial charge >= 0.3 is 5.69 Å². The molecule has 114 valence electrons. The molecule has 0 unspecified atom stereocenters. The van der Waals surface area contributed by atoms with Crippen molar-refractivity contribution in [2.24, 2.45) is 5.73 Å². The number of fused-ring (bicyclic) bond motifs is 1. The fourth-order valence-electron chi connectivity index (χ4n) is 2.75. The third kappa shape index (κ3) is 2.87. The van der Waals surface area contributed by atoms with E-state index in [0.29, 0.717) is 11.0 Å². The number of benzene rings is 1. The van der Waals surface area contributed by atoms with Crippen LogP contribution in [0.1, 0.15) is 25.7 Å². The summed E-state index contributed by atoms with van der Waals surface area (Å²) in [4.78, 5) is 16.5. The highest BCUT2D eigenvalue weighted by molar-refractivity contribution is 7.89. The van der Waals surface area contributed by atoms with Gasteiger partial charge in [0.05, 0.1) is 15.9 Å². The van der Waals surface area contributed by atoms with Crippen molar-refractivity contribution < 1.29 is 8.42 Å². The Kier molecular flexibility index (Phi) is 3.60. The van der Waals surface area contributed by atoms with E-state index in [4.69, 9.17) is 5.73 Å². The highest BCUT2D eigenvalue weighted by Crippen LogP contribution is 2.20. The highest BCUT2D eigenvalue weighted by atomic mass is 32.2. The Bertz CT molecular complexity index is 808. The zero-order valence-electron chi connectivity index (χ0n) is 11.4. The first-order valence-electron chi connectivity index (χ1n) is 6.96. The summed E-state index contributed by atoms with van der Waals surface area (Å²) in [7, 11) is -3.64. The molecule has 0 saturated heterocycles. The van der Waals surface area contributed by atoms with E-state index < -0.39 is 10.0 Å². The second-order valence-corrected chi connectivity index (χ2v) is 7.18. The van der Waals surface area contributed by atoms with Gasteiger partial charge in [-0.25, -0.2) is 17.9 Å². The number of aromatic nitrogens is 2. The van der Waals surface area contributed by atoms with E-state index in [9.17, 15) is 13.2 Å². The Balaban J connectivity index is 1.90. The van der Waals surface area contributed by atoms with Gasteiger partial charge in [0, 0.05) is 12.1 Å². The van der Waals surface area contributed by atoms with Crippen molar-refractivity contribution in [2.45, 2.75) is 42.7 Å². The molecular weight excluding hydrogens is 292 g/mol. The Morgan fingerprint density at radius 2 is 1.86 bits per heavy atom. The Hall–Kier alpha value is -1.64. The number of hydrogen-bond acceptors (Lipinski definition) is 4. The van der Waals surface area contributed by atoms with E-state index in [2.05, 4.69) is 14.7 Å². The summed E-state index contributed by atoms with van der Waals surface area (Å²) < 4.78 is 27.5. The molecule has 0 bridgehead atoms. The molecule has 1 aromatic carbocycles. The predicted molar refractivity (Wildman–Crippen MR) is 79.5 cm³/mol. The van der Waals surface area contributed by atoms with Crippen molar-refractivity contribution in [3.63, 3.8) is 0 Å². The van der Waals surface area contributed by atoms with Crippen LogP contribution in [-0.4, -0.2) is 30.5 Å². The summed E-state index contributed by atoms with van der Waals surface area (Å²) in [5, 5.41) is 0. The van der Waals surface area contributed by atoms with Crippen LogP contribution in [0, 0.1) is 0 Å². The van der Waals surface area contributed by atoms with Gasteiger partial charge in [0.15, 0.2) is 0 Å². The first-order valence-corrected chi connectivity index (χ1v) is 8.44. The normalized spacial score (nSPS) is 23.5. The molecule has 21 heavy (non-hydrogen) atoms.